The van der Waals surface area contributed by atoms with Crippen LogP contribution in [-0.2, 0) is 19.1 Å². The molecule has 10 nitrogen and oxygen atoms in total. The topological polar surface area (TPSA) is 133 Å². The quantitative estimate of drug-likeness (QED) is 0.469. The third kappa shape index (κ3) is 4.11. The van der Waals surface area contributed by atoms with E-state index in [0.717, 1.165) is 18.4 Å². The van der Waals surface area contributed by atoms with E-state index >= 15 is 0 Å². The first-order valence-electron chi connectivity index (χ1n) is 11.6. The maximum atomic E-state index is 13.2. The molecule has 1 aliphatic carbocycles. The fraction of sp³-hybridized carbons (Fsp3) is 0.320. The number of rotatable bonds is 6. The number of hydrogen-bond acceptors (Lipinski definition) is 6. The van der Waals surface area contributed by atoms with Crippen LogP contribution in [0.15, 0.2) is 48.5 Å². The van der Waals surface area contributed by atoms with E-state index in [1.54, 1.807) is 30.3 Å². The Labute approximate surface area is 201 Å². The molecule has 2 aromatic carbocycles. The molecule has 1 fully saturated rings. The van der Waals surface area contributed by atoms with E-state index in [4.69, 9.17) is 4.74 Å². The summed E-state index contributed by atoms with van der Waals surface area (Å²) in [4.78, 5) is 52.4. The summed E-state index contributed by atoms with van der Waals surface area (Å²) in [6, 6.07) is 14.4. The largest absolute Gasteiger partial charge is 0.455 e. The van der Waals surface area contributed by atoms with Gasteiger partial charge < -0.3 is 15.4 Å². The van der Waals surface area contributed by atoms with E-state index < -0.39 is 29.9 Å². The number of fused-ring (bicyclic) bond motifs is 2. The number of carbonyl (C=O) groups excluding carboxylic acids is 4. The Hall–Kier alpha value is -4.21. The van der Waals surface area contributed by atoms with Gasteiger partial charge in [0.2, 0.25) is 0 Å². The van der Waals surface area contributed by atoms with Crippen molar-refractivity contribution in [1.82, 2.24) is 15.5 Å². The summed E-state index contributed by atoms with van der Waals surface area (Å²) in [5.74, 6) is -1.69. The molecular formula is C25H25N5O5. The zero-order chi connectivity index (χ0) is 24.4. The first kappa shape index (κ1) is 22.6. The van der Waals surface area contributed by atoms with Gasteiger partial charge >= 0.3 is 5.97 Å². The highest BCUT2D eigenvalue weighted by molar-refractivity contribution is 6.15. The summed E-state index contributed by atoms with van der Waals surface area (Å²) >= 11 is 0. The molecule has 0 radical (unpaired) electrons. The van der Waals surface area contributed by atoms with Gasteiger partial charge in [0.25, 0.3) is 17.7 Å². The molecule has 0 bridgehead atoms. The van der Waals surface area contributed by atoms with E-state index in [1.807, 2.05) is 18.2 Å². The van der Waals surface area contributed by atoms with Crippen molar-refractivity contribution in [2.24, 2.45) is 0 Å². The number of esters is 1. The van der Waals surface area contributed by atoms with Crippen LogP contribution in [0.5, 0.6) is 0 Å². The first-order valence-corrected chi connectivity index (χ1v) is 11.6. The van der Waals surface area contributed by atoms with Crippen LogP contribution in [0.25, 0.3) is 10.9 Å². The number of anilines is 2. The van der Waals surface area contributed by atoms with Gasteiger partial charge in [0, 0.05) is 11.9 Å². The van der Waals surface area contributed by atoms with Gasteiger partial charge in [-0.1, -0.05) is 43.2 Å². The summed E-state index contributed by atoms with van der Waals surface area (Å²) in [5.41, 5.74) is 1.19. The number of aromatic amines is 1. The maximum Gasteiger partial charge on any atom is 0.308 e. The van der Waals surface area contributed by atoms with Crippen molar-refractivity contribution in [2.45, 2.75) is 37.6 Å². The zero-order valence-corrected chi connectivity index (χ0v) is 19.0. The molecule has 3 aromatic rings. The normalized spacial score (nSPS) is 16.1. The van der Waals surface area contributed by atoms with Crippen molar-refractivity contribution in [3.8, 4) is 0 Å². The molecule has 3 N–H and O–H groups in total. The Kier molecular flexibility index (Phi) is 5.94. The van der Waals surface area contributed by atoms with Crippen molar-refractivity contribution >= 4 is 46.0 Å². The summed E-state index contributed by atoms with van der Waals surface area (Å²) in [7, 11) is 0. The van der Waals surface area contributed by atoms with Crippen LogP contribution in [-0.4, -0.2) is 52.6 Å². The number of nitrogens with one attached hydrogen (secondary N) is 3. The number of benzene rings is 2. The molecule has 3 amide bonds. The molecule has 5 rings (SSSR count). The Morgan fingerprint density at radius 1 is 1.06 bits per heavy atom. The van der Waals surface area contributed by atoms with E-state index in [-0.39, 0.29) is 24.6 Å². The fourth-order valence-corrected chi connectivity index (χ4v) is 4.91. The van der Waals surface area contributed by atoms with Gasteiger partial charge in [-0.05, 0) is 31.0 Å². The first-order chi connectivity index (χ1) is 17.0. The lowest BCUT2D eigenvalue weighted by Gasteiger charge is -2.44. The molecule has 1 aromatic heterocycles. The average molecular weight is 476 g/mol. The summed E-state index contributed by atoms with van der Waals surface area (Å²) in [5, 5.41) is 13.1. The maximum absolute atomic E-state index is 13.2. The third-order valence-corrected chi connectivity index (χ3v) is 6.58. The zero-order valence-electron chi connectivity index (χ0n) is 19.0. The van der Waals surface area contributed by atoms with Crippen LogP contribution in [0.3, 0.4) is 0 Å². The average Bonchev–Trinajstić information content (AvgIpc) is 3.52. The number of hydrogen-bond donors (Lipinski definition) is 3. The van der Waals surface area contributed by atoms with Crippen LogP contribution in [0, 0.1) is 0 Å². The van der Waals surface area contributed by atoms with E-state index in [1.165, 1.54) is 4.90 Å². The molecule has 1 spiro atoms. The predicted molar refractivity (Wildman–Crippen MR) is 128 cm³/mol. The number of ether oxygens (including phenoxy) is 1. The third-order valence-electron chi connectivity index (χ3n) is 6.58. The Morgan fingerprint density at radius 3 is 2.63 bits per heavy atom. The van der Waals surface area contributed by atoms with E-state index in [9.17, 15) is 19.2 Å². The van der Waals surface area contributed by atoms with Crippen LogP contribution in [0.2, 0.25) is 0 Å². The minimum Gasteiger partial charge on any atom is -0.455 e. The minimum absolute atomic E-state index is 0.0337. The van der Waals surface area contributed by atoms with Gasteiger partial charge in [-0.15, -0.1) is 0 Å². The Bertz CT molecular complexity index is 1310. The molecule has 180 valence electrons. The standard InChI is InChI=1S/C25H25N5O5/c31-20(30-19-10-4-3-9-18(19)27-24(34)25(30)12-5-6-13-25)15-35-21(32)11-14-26-23(33)22-16-7-1-2-8-17(16)28-29-22/h1-4,7-10H,5-6,11-15H2,(H,26,33)(H,27,34)(H,28,29). The van der Waals surface area contributed by atoms with Gasteiger partial charge in [0.15, 0.2) is 12.3 Å². The lowest BCUT2D eigenvalue weighted by Crippen LogP contribution is -2.61. The number of carbonyl (C=O) groups is 4. The molecule has 1 aliphatic heterocycles. The van der Waals surface area contributed by atoms with Gasteiger partial charge in [-0.25, -0.2) is 0 Å². The highest BCUT2D eigenvalue weighted by atomic mass is 16.5. The van der Waals surface area contributed by atoms with E-state index in [2.05, 4.69) is 20.8 Å². The lowest BCUT2D eigenvalue weighted by atomic mass is 9.90. The molecule has 2 aliphatic rings. The number of H-pyrrole nitrogens is 1. The molecule has 10 heteroatoms. The molecular weight excluding hydrogens is 450 g/mol. The van der Waals surface area contributed by atoms with Gasteiger partial charge in [-0.3, -0.25) is 29.2 Å². The second-order valence-corrected chi connectivity index (χ2v) is 8.72. The van der Waals surface area contributed by atoms with Crippen LogP contribution < -0.4 is 15.5 Å². The molecule has 0 atom stereocenters. The summed E-state index contributed by atoms with van der Waals surface area (Å²) < 4.78 is 5.22. The molecule has 0 saturated heterocycles. The lowest BCUT2D eigenvalue weighted by molar-refractivity contribution is -0.148. The van der Waals surface area contributed by atoms with Crippen molar-refractivity contribution in [2.75, 3.05) is 23.4 Å². The van der Waals surface area contributed by atoms with Gasteiger partial charge in [-0.2, -0.15) is 5.10 Å². The molecule has 2 heterocycles. The van der Waals surface area contributed by atoms with Crippen molar-refractivity contribution in [1.29, 1.82) is 0 Å². The fourth-order valence-electron chi connectivity index (χ4n) is 4.91. The van der Waals surface area contributed by atoms with Gasteiger partial charge in [0.05, 0.1) is 23.3 Å². The SMILES string of the molecule is O=C(CCNC(=O)c1n[nH]c2ccccc12)OCC(=O)N1c2ccccc2NC(=O)C12CCCC2. The molecule has 1 saturated carbocycles. The highest BCUT2D eigenvalue weighted by Gasteiger charge is 2.52. The smallest absolute Gasteiger partial charge is 0.308 e. The molecule has 35 heavy (non-hydrogen) atoms. The molecule has 0 unspecified atom stereocenters. The van der Waals surface area contributed by atoms with Gasteiger partial charge in [0.1, 0.15) is 5.54 Å². The van der Waals surface area contributed by atoms with Crippen molar-refractivity contribution in [3.63, 3.8) is 0 Å². The van der Waals surface area contributed by atoms with Crippen molar-refractivity contribution in [3.05, 3.63) is 54.2 Å². The van der Waals surface area contributed by atoms with Crippen LogP contribution in [0.1, 0.15) is 42.6 Å². The number of aromatic nitrogens is 2. The monoisotopic (exact) mass is 475 g/mol. The van der Waals surface area contributed by atoms with Crippen LogP contribution >= 0.6 is 0 Å². The number of nitrogens with zero attached hydrogens (tertiary/aromatic N) is 2. The summed E-state index contributed by atoms with van der Waals surface area (Å²) in [6.07, 6.45) is 2.68. The highest BCUT2D eigenvalue weighted by Crippen LogP contribution is 2.45. The summed E-state index contributed by atoms with van der Waals surface area (Å²) in [6.45, 7) is -0.452. The van der Waals surface area contributed by atoms with Crippen molar-refractivity contribution < 1.29 is 23.9 Å². The van der Waals surface area contributed by atoms with Crippen LogP contribution in [0.4, 0.5) is 11.4 Å². The Morgan fingerprint density at radius 2 is 1.80 bits per heavy atom. The minimum atomic E-state index is -0.960. The second kappa shape index (κ2) is 9.21. The Balaban J connectivity index is 1.18. The second-order valence-electron chi connectivity index (χ2n) is 8.72. The number of amides is 3. The van der Waals surface area contributed by atoms with E-state index in [0.29, 0.717) is 29.6 Å². The number of para-hydroxylation sites is 3. The predicted octanol–water partition coefficient (Wildman–Crippen LogP) is 2.52.